The van der Waals surface area contributed by atoms with Crippen LogP contribution in [-0.2, 0) is 9.84 Å². The van der Waals surface area contributed by atoms with Gasteiger partial charge in [0.1, 0.15) is 0 Å². The summed E-state index contributed by atoms with van der Waals surface area (Å²) < 4.78 is 23.7. The minimum atomic E-state index is -3.36. The third kappa shape index (κ3) is 2.53. The van der Waals surface area contributed by atoms with Crippen LogP contribution in [0.1, 0.15) is 10.4 Å². The zero-order valence-corrected chi connectivity index (χ0v) is 10.6. The Bertz CT molecular complexity index is 530. The van der Waals surface area contributed by atoms with Crippen LogP contribution in [-0.4, -0.2) is 43.6 Å². The van der Waals surface area contributed by atoms with Crippen LogP contribution in [0.5, 0.6) is 0 Å². The van der Waals surface area contributed by atoms with Gasteiger partial charge >= 0.3 is 0 Å². The van der Waals surface area contributed by atoms with Gasteiger partial charge in [-0.3, -0.25) is 9.80 Å². The highest BCUT2D eigenvalue weighted by molar-refractivity contribution is 7.92. The van der Waals surface area contributed by atoms with Crippen LogP contribution in [0, 0.1) is 0 Å². The molecule has 0 saturated carbocycles. The molecule has 1 atom stereocenters. The Morgan fingerprint density at radius 1 is 1.33 bits per heavy atom. The number of hydrazine groups is 1. The molecule has 1 amide bonds. The molecule has 0 spiro atoms. The summed E-state index contributed by atoms with van der Waals surface area (Å²) in [6.45, 7) is 0.559. The third-order valence-corrected chi connectivity index (χ3v) is 4.86. The van der Waals surface area contributed by atoms with E-state index in [9.17, 15) is 13.2 Å². The predicted molar refractivity (Wildman–Crippen MR) is 67.2 cm³/mol. The van der Waals surface area contributed by atoms with Crippen molar-refractivity contribution in [3.63, 3.8) is 0 Å². The quantitative estimate of drug-likeness (QED) is 0.423. The highest BCUT2D eigenvalue weighted by Gasteiger charge is 2.35. The van der Waals surface area contributed by atoms with E-state index in [1.807, 2.05) is 0 Å². The van der Waals surface area contributed by atoms with Crippen molar-refractivity contribution in [2.45, 2.75) is 5.37 Å². The number of nitrogens with zero attached hydrogens (tertiary/aromatic N) is 1. The fourth-order valence-electron chi connectivity index (χ4n) is 1.83. The Morgan fingerprint density at radius 2 is 2.00 bits per heavy atom. The maximum Gasteiger partial charge on any atom is 0.269 e. The number of carbonyl (C=O) groups excluding carboxylic acids is 1. The molecule has 1 aromatic carbocycles. The number of rotatable bonds is 2. The van der Waals surface area contributed by atoms with Gasteiger partial charge in [0.2, 0.25) is 0 Å². The first-order valence-corrected chi connectivity index (χ1v) is 7.29. The molecular formula is C11H15N3O3S. The van der Waals surface area contributed by atoms with Crippen molar-refractivity contribution in [1.29, 1.82) is 0 Å². The molecule has 0 bridgehead atoms. The largest absolute Gasteiger partial charge is 0.313 e. The molecule has 18 heavy (non-hydrogen) atoms. The molecule has 2 rings (SSSR count). The maximum absolute atomic E-state index is 12.0. The second-order valence-electron chi connectivity index (χ2n) is 4.10. The number of amides is 1. The second kappa shape index (κ2) is 5.05. The van der Waals surface area contributed by atoms with E-state index in [0.29, 0.717) is 12.1 Å². The number of hydrogen-bond acceptors (Lipinski definition) is 5. The lowest BCUT2D eigenvalue weighted by molar-refractivity contribution is 0.0728. The van der Waals surface area contributed by atoms with Crippen LogP contribution < -0.4 is 11.2 Å². The van der Waals surface area contributed by atoms with Crippen LogP contribution >= 0.6 is 0 Å². The van der Waals surface area contributed by atoms with Crippen molar-refractivity contribution < 1.29 is 13.2 Å². The maximum atomic E-state index is 12.0. The minimum Gasteiger partial charge on any atom is -0.313 e. The van der Waals surface area contributed by atoms with E-state index < -0.39 is 21.1 Å². The Hall–Kier alpha value is -1.44. The van der Waals surface area contributed by atoms with Gasteiger partial charge in [-0.1, -0.05) is 18.2 Å². The fourth-order valence-corrected chi connectivity index (χ4v) is 3.35. The van der Waals surface area contributed by atoms with Gasteiger partial charge in [-0.25, -0.2) is 14.3 Å². The molecule has 0 aromatic heterocycles. The lowest BCUT2D eigenvalue weighted by atomic mass is 10.2. The molecule has 1 aliphatic rings. The minimum absolute atomic E-state index is 0.00651. The SMILES string of the molecule is NN(C(=O)c1ccccc1)C1CNCCS1(=O)=O. The number of nitrogens with one attached hydrogen (secondary N) is 1. The molecule has 1 saturated heterocycles. The van der Waals surface area contributed by atoms with Crippen molar-refractivity contribution in [3.8, 4) is 0 Å². The van der Waals surface area contributed by atoms with Gasteiger partial charge < -0.3 is 5.32 Å². The van der Waals surface area contributed by atoms with Crippen LogP contribution in [0.4, 0.5) is 0 Å². The molecule has 3 N–H and O–H groups in total. The van der Waals surface area contributed by atoms with Crippen molar-refractivity contribution in [2.75, 3.05) is 18.8 Å². The summed E-state index contributed by atoms with van der Waals surface area (Å²) in [4.78, 5) is 12.0. The summed E-state index contributed by atoms with van der Waals surface area (Å²) in [6.07, 6.45) is 0. The number of benzene rings is 1. The van der Waals surface area contributed by atoms with E-state index in [1.165, 1.54) is 0 Å². The predicted octanol–water partition coefficient (Wildman–Crippen LogP) is -0.653. The number of carbonyl (C=O) groups is 1. The van der Waals surface area contributed by atoms with E-state index in [2.05, 4.69) is 5.32 Å². The Balaban J connectivity index is 2.21. The molecular weight excluding hydrogens is 254 g/mol. The molecule has 7 heteroatoms. The second-order valence-corrected chi connectivity index (χ2v) is 6.38. The smallest absolute Gasteiger partial charge is 0.269 e. The topological polar surface area (TPSA) is 92.5 Å². The normalized spacial score (nSPS) is 22.4. The van der Waals surface area contributed by atoms with Crippen LogP contribution in [0.15, 0.2) is 30.3 Å². The monoisotopic (exact) mass is 269 g/mol. The molecule has 1 aromatic rings. The van der Waals surface area contributed by atoms with E-state index >= 15 is 0 Å². The van der Waals surface area contributed by atoms with Gasteiger partial charge in [-0.15, -0.1) is 0 Å². The van der Waals surface area contributed by atoms with Crippen molar-refractivity contribution in [1.82, 2.24) is 10.3 Å². The molecule has 1 fully saturated rings. The van der Waals surface area contributed by atoms with Gasteiger partial charge in [0.25, 0.3) is 5.91 Å². The molecule has 1 aliphatic heterocycles. The standard InChI is InChI=1S/C11H15N3O3S/c12-14(10-8-13-6-7-18(10,16)17)11(15)9-4-2-1-3-5-9/h1-5,10,13H,6-8,12H2. The summed E-state index contributed by atoms with van der Waals surface area (Å²) in [5.41, 5.74) is 0.376. The van der Waals surface area contributed by atoms with Crippen molar-refractivity contribution >= 4 is 15.7 Å². The van der Waals surface area contributed by atoms with Gasteiger partial charge in [0, 0.05) is 18.7 Å². The summed E-state index contributed by atoms with van der Waals surface area (Å²) in [7, 11) is -3.36. The number of nitrogens with two attached hydrogens (primary N) is 1. The van der Waals surface area contributed by atoms with Gasteiger partial charge in [-0.05, 0) is 12.1 Å². The van der Waals surface area contributed by atoms with Gasteiger partial charge in [0.05, 0.1) is 5.75 Å². The van der Waals surface area contributed by atoms with Gasteiger partial charge in [-0.2, -0.15) is 0 Å². The molecule has 1 unspecified atom stereocenters. The molecule has 1 heterocycles. The van der Waals surface area contributed by atoms with E-state index in [4.69, 9.17) is 5.84 Å². The molecule has 0 aliphatic carbocycles. The first-order valence-electron chi connectivity index (χ1n) is 5.58. The van der Waals surface area contributed by atoms with Crippen LogP contribution in [0.3, 0.4) is 0 Å². The third-order valence-electron chi connectivity index (χ3n) is 2.86. The lowest BCUT2D eigenvalue weighted by Crippen LogP contribution is -2.58. The average Bonchev–Trinajstić information content (AvgIpc) is 2.37. The van der Waals surface area contributed by atoms with Gasteiger partial charge in [0.15, 0.2) is 15.2 Å². The molecule has 98 valence electrons. The first-order chi connectivity index (χ1) is 8.52. The zero-order chi connectivity index (χ0) is 13.2. The highest BCUT2D eigenvalue weighted by Crippen LogP contribution is 2.12. The zero-order valence-electron chi connectivity index (χ0n) is 9.74. The average molecular weight is 269 g/mol. The van der Waals surface area contributed by atoms with Crippen LogP contribution in [0.2, 0.25) is 0 Å². The summed E-state index contributed by atoms with van der Waals surface area (Å²) in [5.74, 6) is 5.16. The van der Waals surface area contributed by atoms with E-state index in [0.717, 1.165) is 5.01 Å². The number of sulfone groups is 1. The fraction of sp³-hybridized carbons (Fsp3) is 0.364. The van der Waals surface area contributed by atoms with Crippen LogP contribution in [0.25, 0.3) is 0 Å². The first kappa shape index (κ1) is 13.0. The summed E-state index contributed by atoms with van der Waals surface area (Å²) in [6, 6.07) is 8.38. The van der Waals surface area contributed by atoms with Crippen molar-refractivity contribution in [2.24, 2.45) is 5.84 Å². The summed E-state index contributed by atoms with van der Waals surface area (Å²) >= 11 is 0. The highest BCUT2D eigenvalue weighted by atomic mass is 32.2. The molecule has 0 radical (unpaired) electrons. The lowest BCUT2D eigenvalue weighted by Gasteiger charge is -2.30. The van der Waals surface area contributed by atoms with Crippen molar-refractivity contribution in [3.05, 3.63) is 35.9 Å². The Kier molecular flexibility index (Phi) is 3.65. The Labute approximate surface area is 106 Å². The molecule has 6 nitrogen and oxygen atoms in total. The number of hydrogen-bond donors (Lipinski definition) is 2. The van der Waals surface area contributed by atoms with E-state index in [-0.39, 0.29) is 12.3 Å². The Morgan fingerprint density at radius 3 is 2.61 bits per heavy atom. The summed E-state index contributed by atoms with van der Waals surface area (Å²) in [5, 5.41) is 2.73. The van der Waals surface area contributed by atoms with E-state index in [1.54, 1.807) is 30.3 Å².